The summed E-state index contributed by atoms with van der Waals surface area (Å²) in [7, 11) is 0. The third kappa shape index (κ3) is 3.35. The SMILES string of the molecule is O=C(Nc1ccccc1)Nc1cc(Cl)c(O)cc1F. The number of aromatic hydroxyl groups is 1. The Labute approximate surface area is 113 Å². The van der Waals surface area contributed by atoms with E-state index in [1.165, 1.54) is 0 Å². The first-order valence-electron chi connectivity index (χ1n) is 5.37. The zero-order valence-electron chi connectivity index (χ0n) is 9.65. The number of benzene rings is 2. The molecule has 0 saturated carbocycles. The van der Waals surface area contributed by atoms with E-state index in [4.69, 9.17) is 11.6 Å². The summed E-state index contributed by atoms with van der Waals surface area (Å²) in [5.41, 5.74) is 0.460. The highest BCUT2D eigenvalue weighted by Gasteiger charge is 2.10. The standard InChI is InChI=1S/C13H10ClFN2O2/c14-9-6-11(10(15)7-12(9)18)17-13(19)16-8-4-2-1-3-5-8/h1-7,18H,(H2,16,17,19). The second-order valence-corrected chi connectivity index (χ2v) is 4.14. The summed E-state index contributed by atoms with van der Waals surface area (Å²) >= 11 is 5.64. The lowest BCUT2D eigenvalue weighted by Gasteiger charge is -2.09. The molecule has 0 spiro atoms. The maximum atomic E-state index is 13.5. The molecule has 4 nitrogen and oxygen atoms in total. The van der Waals surface area contributed by atoms with Crippen LogP contribution in [0.2, 0.25) is 5.02 Å². The average molecular weight is 281 g/mol. The van der Waals surface area contributed by atoms with Crippen LogP contribution >= 0.6 is 11.6 Å². The van der Waals surface area contributed by atoms with E-state index >= 15 is 0 Å². The monoisotopic (exact) mass is 280 g/mol. The molecule has 0 atom stereocenters. The van der Waals surface area contributed by atoms with Crippen molar-refractivity contribution in [3.05, 3.63) is 53.3 Å². The van der Waals surface area contributed by atoms with Gasteiger partial charge >= 0.3 is 6.03 Å². The van der Waals surface area contributed by atoms with Crippen molar-refractivity contribution in [3.8, 4) is 5.75 Å². The summed E-state index contributed by atoms with van der Waals surface area (Å²) in [6, 6.07) is 10.1. The minimum atomic E-state index is -0.773. The van der Waals surface area contributed by atoms with Crippen LogP contribution in [-0.4, -0.2) is 11.1 Å². The van der Waals surface area contributed by atoms with E-state index in [0.717, 1.165) is 12.1 Å². The van der Waals surface area contributed by atoms with E-state index < -0.39 is 11.8 Å². The third-order valence-electron chi connectivity index (χ3n) is 2.32. The largest absolute Gasteiger partial charge is 0.506 e. The van der Waals surface area contributed by atoms with Gasteiger partial charge in [-0.3, -0.25) is 0 Å². The highest BCUT2D eigenvalue weighted by Crippen LogP contribution is 2.29. The molecule has 0 aliphatic carbocycles. The van der Waals surface area contributed by atoms with Gasteiger partial charge < -0.3 is 15.7 Å². The van der Waals surface area contributed by atoms with Gasteiger partial charge in [0, 0.05) is 11.8 Å². The molecule has 0 fully saturated rings. The Morgan fingerprint density at radius 2 is 1.84 bits per heavy atom. The molecular formula is C13H10ClFN2O2. The molecule has 0 unspecified atom stereocenters. The number of carbonyl (C=O) groups excluding carboxylic acids is 1. The van der Waals surface area contributed by atoms with Crippen molar-refractivity contribution in [1.29, 1.82) is 0 Å². The fourth-order valence-corrected chi connectivity index (χ4v) is 1.60. The summed E-state index contributed by atoms with van der Waals surface area (Å²) in [5.74, 6) is -1.15. The lowest BCUT2D eigenvalue weighted by atomic mass is 10.3. The number of para-hydroxylation sites is 1. The van der Waals surface area contributed by atoms with Crippen molar-refractivity contribution < 1.29 is 14.3 Å². The van der Waals surface area contributed by atoms with E-state index in [-0.39, 0.29) is 16.5 Å². The Balaban J connectivity index is 2.09. The van der Waals surface area contributed by atoms with Crippen LogP contribution in [0.4, 0.5) is 20.6 Å². The van der Waals surface area contributed by atoms with Gasteiger partial charge in [0.1, 0.15) is 5.75 Å². The van der Waals surface area contributed by atoms with Crippen LogP contribution in [0.5, 0.6) is 5.75 Å². The Kier molecular flexibility index (Phi) is 3.87. The first kappa shape index (κ1) is 13.2. The van der Waals surface area contributed by atoms with E-state index in [1.807, 2.05) is 6.07 Å². The van der Waals surface area contributed by atoms with Gasteiger partial charge in [-0.2, -0.15) is 0 Å². The van der Waals surface area contributed by atoms with Crippen molar-refractivity contribution in [2.75, 3.05) is 10.6 Å². The van der Waals surface area contributed by atoms with Crippen LogP contribution in [0.3, 0.4) is 0 Å². The fraction of sp³-hybridized carbons (Fsp3) is 0. The molecule has 2 amide bonds. The van der Waals surface area contributed by atoms with Crippen LogP contribution in [0.1, 0.15) is 0 Å². The molecule has 19 heavy (non-hydrogen) atoms. The molecule has 0 aliphatic rings. The normalized spacial score (nSPS) is 10.0. The Morgan fingerprint density at radius 3 is 2.53 bits per heavy atom. The number of carbonyl (C=O) groups is 1. The van der Waals surface area contributed by atoms with Crippen LogP contribution in [0.25, 0.3) is 0 Å². The van der Waals surface area contributed by atoms with Gasteiger partial charge in [0.2, 0.25) is 0 Å². The van der Waals surface area contributed by atoms with Crippen LogP contribution in [0, 0.1) is 5.82 Å². The fourth-order valence-electron chi connectivity index (χ4n) is 1.44. The number of hydrogen-bond donors (Lipinski definition) is 3. The Morgan fingerprint density at radius 1 is 1.16 bits per heavy atom. The highest BCUT2D eigenvalue weighted by atomic mass is 35.5. The second kappa shape index (κ2) is 5.58. The molecule has 0 aliphatic heterocycles. The smallest absolute Gasteiger partial charge is 0.323 e. The van der Waals surface area contributed by atoms with Crippen molar-refractivity contribution in [2.24, 2.45) is 0 Å². The number of anilines is 2. The number of rotatable bonds is 2. The van der Waals surface area contributed by atoms with Gasteiger partial charge in [-0.05, 0) is 18.2 Å². The molecule has 2 rings (SSSR count). The van der Waals surface area contributed by atoms with Crippen molar-refractivity contribution >= 4 is 29.0 Å². The molecule has 0 saturated heterocycles. The molecule has 98 valence electrons. The first-order valence-corrected chi connectivity index (χ1v) is 5.75. The summed E-state index contributed by atoms with van der Waals surface area (Å²) in [4.78, 5) is 11.6. The van der Waals surface area contributed by atoms with E-state index in [0.29, 0.717) is 5.69 Å². The van der Waals surface area contributed by atoms with Gasteiger partial charge in [-0.15, -0.1) is 0 Å². The molecule has 0 aromatic heterocycles. The number of phenols is 1. The maximum absolute atomic E-state index is 13.5. The van der Waals surface area contributed by atoms with Crippen molar-refractivity contribution in [2.45, 2.75) is 0 Å². The summed E-state index contributed by atoms with van der Waals surface area (Å²) in [6.45, 7) is 0. The Bertz CT molecular complexity index is 605. The number of halogens is 2. The van der Waals surface area contributed by atoms with Crippen LogP contribution < -0.4 is 10.6 Å². The summed E-state index contributed by atoms with van der Waals surface area (Å²) in [5, 5.41) is 14.0. The van der Waals surface area contributed by atoms with Gasteiger partial charge in [0.15, 0.2) is 5.82 Å². The molecule has 2 aromatic carbocycles. The summed E-state index contributed by atoms with van der Waals surface area (Å²) < 4.78 is 13.5. The molecule has 6 heteroatoms. The average Bonchev–Trinajstić information content (AvgIpc) is 2.37. The number of amides is 2. The number of phenolic OH excluding ortho intramolecular Hbond substituents is 1. The Hall–Kier alpha value is -2.27. The molecule has 0 heterocycles. The van der Waals surface area contributed by atoms with Gasteiger partial charge in [0.25, 0.3) is 0 Å². The topological polar surface area (TPSA) is 61.4 Å². The summed E-state index contributed by atoms with van der Waals surface area (Å²) in [6.07, 6.45) is 0. The minimum Gasteiger partial charge on any atom is -0.506 e. The molecule has 0 radical (unpaired) electrons. The van der Waals surface area contributed by atoms with E-state index in [2.05, 4.69) is 10.6 Å². The molecule has 3 N–H and O–H groups in total. The maximum Gasteiger partial charge on any atom is 0.323 e. The van der Waals surface area contributed by atoms with Gasteiger partial charge in [-0.25, -0.2) is 9.18 Å². The van der Waals surface area contributed by atoms with Gasteiger partial charge in [-0.1, -0.05) is 29.8 Å². The first-order chi connectivity index (χ1) is 9.06. The number of urea groups is 1. The zero-order chi connectivity index (χ0) is 13.8. The predicted molar refractivity (Wildman–Crippen MR) is 72.2 cm³/mol. The van der Waals surface area contributed by atoms with Crippen molar-refractivity contribution in [1.82, 2.24) is 0 Å². The van der Waals surface area contributed by atoms with E-state index in [9.17, 15) is 14.3 Å². The van der Waals surface area contributed by atoms with E-state index in [1.54, 1.807) is 24.3 Å². The second-order valence-electron chi connectivity index (χ2n) is 3.73. The zero-order valence-corrected chi connectivity index (χ0v) is 10.4. The van der Waals surface area contributed by atoms with Gasteiger partial charge in [0.05, 0.1) is 10.7 Å². The quantitative estimate of drug-likeness (QED) is 0.732. The lowest BCUT2D eigenvalue weighted by molar-refractivity contribution is 0.262. The number of nitrogens with one attached hydrogen (secondary N) is 2. The lowest BCUT2D eigenvalue weighted by Crippen LogP contribution is -2.20. The molecule has 0 bridgehead atoms. The van der Waals surface area contributed by atoms with Crippen LogP contribution in [0.15, 0.2) is 42.5 Å². The minimum absolute atomic E-state index is 0.0450. The molecule has 2 aromatic rings. The highest BCUT2D eigenvalue weighted by molar-refractivity contribution is 6.32. The van der Waals surface area contributed by atoms with Crippen molar-refractivity contribution in [3.63, 3.8) is 0 Å². The molecular weight excluding hydrogens is 271 g/mol. The predicted octanol–water partition coefficient (Wildman–Crippen LogP) is 3.83. The number of hydrogen-bond acceptors (Lipinski definition) is 2. The van der Waals surface area contributed by atoms with Crippen LogP contribution in [-0.2, 0) is 0 Å². The third-order valence-corrected chi connectivity index (χ3v) is 2.62.